The van der Waals surface area contributed by atoms with Gasteiger partial charge in [-0.25, -0.2) is 4.98 Å². The molecular weight excluding hydrogens is 333 g/mol. The molecule has 1 atom stereocenters. The molecule has 1 amide bonds. The van der Waals surface area contributed by atoms with E-state index in [0.29, 0.717) is 31.8 Å². The highest BCUT2D eigenvalue weighted by atomic mass is 35.5. The van der Waals surface area contributed by atoms with Crippen LogP contribution in [-0.2, 0) is 11.0 Å². The molecule has 0 saturated carbocycles. The Morgan fingerprint density at radius 1 is 1.26 bits per heavy atom. The molecule has 3 heterocycles. The smallest absolute Gasteiger partial charge is 0.341 e. The van der Waals surface area contributed by atoms with Gasteiger partial charge in [-0.2, -0.15) is 13.2 Å². The first kappa shape index (κ1) is 18.1. The van der Waals surface area contributed by atoms with E-state index in [1.807, 2.05) is 4.90 Å². The zero-order valence-electron chi connectivity index (χ0n) is 12.5. The van der Waals surface area contributed by atoms with Crippen LogP contribution in [0.2, 0.25) is 0 Å². The lowest BCUT2D eigenvalue weighted by molar-refractivity contribution is -0.141. The predicted molar refractivity (Wildman–Crippen MR) is 80.4 cm³/mol. The van der Waals surface area contributed by atoms with E-state index in [2.05, 4.69) is 15.3 Å². The molecule has 2 saturated heterocycles. The van der Waals surface area contributed by atoms with Crippen LogP contribution in [0, 0.1) is 0 Å². The number of piperidine rings is 1. The standard InChI is InChI=1S/C14H19F3N4O.ClH/c15-14(16,17)11-8-19-12(20-11)9-3-6-21(7-4-9)13(22)10-2-1-5-18-10;/h8-10,18H,1-7H2,(H,19,20);1H. The maximum absolute atomic E-state index is 12.6. The monoisotopic (exact) mass is 352 g/mol. The third-order valence-electron chi connectivity index (χ3n) is 4.45. The minimum Gasteiger partial charge on any atom is -0.341 e. The van der Waals surface area contributed by atoms with Gasteiger partial charge in [-0.05, 0) is 32.2 Å². The molecule has 130 valence electrons. The highest BCUT2D eigenvalue weighted by Crippen LogP contribution is 2.31. The fraction of sp³-hybridized carbons (Fsp3) is 0.714. The first-order valence-corrected chi connectivity index (χ1v) is 7.59. The van der Waals surface area contributed by atoms with E-state index >= 15 is 0 Å². The van der Waals surface area contributed by atoms with Crippen molar-refractivity contribution in [2.24, 2.45) is 0 Å². The maximum atomic E-state index is 12.6. The number of carbonyl (C=O) groups excluding carboxylic acids is 1. The molecule has 1 aromatic heterocycles. The summed E-state index contributed by atoms with van der Waals surface area (Å²) in [5.41, 5.74) is -0.809. The Bertz CT molecular complexity index is 534. The van der Waals surface area contributed by atoms with Crippen LogP contribution in [0.1, 0.15) is 43.1 Å². The van der Waals surface area contributed by atoms with E-state index < -0.39 is 11.9 Å². The molecular formula is C14H20ClF3N4O. The summed E-state index contributed by atoms with van der Waals surface area (Å²) in [5.74, 6) is 0.446. The molecule has 2 aliphatic heterocycles. The van der Waals surface area contributed by atoms with Crippen molar-refractivity contribution in [1.29, 1.82) is 0 Å². The van der Waals surface area contributed by atoms with Crippen molar-refractivity contribution in [3.05, 3.63) is 17.7 Å². The van der Waals surface area contributed by atoms with Crippen LogP contribution in [-0.4, -0.2) is 46.5 Å². The Morgan fingerprint density at radius 2 is 1.96 bits per heavy atom. The number of H-pyrrole nitrogens is 1. The number of carbonyl (C=O) groups is 1. The highest BCUT2D eigenvalue weighted by molar-refractivity contribution is 5.85. The molecule has 0 aliphatic carbocycles. The van der Waals surface area contributed by atoms with Crippen LogP contribution in [0.5, 0.6) is 0 Å². The molecule has 0 bridgehead atoms. The van der Waals surface area contributed by atoms with Crippen molar-refractivity contribution in [2.75, 3.05) is 19.6 Å². The minimum atomic E-state index is -4.39. The Kier molecular flexibility index (Phi) is 5.57. The molecule has 5 nitrogen and oxygen atoms in total. The van der Waals surface area contributed by atoms with Gasteiger partial charge in [-0.1, -0.05) is 0 Å². The molecule has 1 aromatic rings. The Hall–Kier alpha value is -1.28. The molecule has 3 rings (SSSR count). The van der Waals surface area contributed by atoms with Gasteiger partial charge in [-0.15, -0.1) is 12.4 Å². The number of nitrogens with one attached hydrogen (secondary N) is 2. The third-order valence-corrected chi connectivity index (χ3v) is 4.45. The molecule has 0 aromatic carbocycles. The van der Waals surface area contributed by atoms with Gasteiger partial charge in [0.2, 0.25) is 5.91 Å². The normalized spacial score (nSPS) is 22.9. The minimum absolute atomic E-state index is 0. The first-order valence-electron chi connectivity index (χ1n) is 7.59. The van der Waals surface area contributed by atoms with Crippen molar-refractivity contribution in [3.63, 3.8) is 0 Å². The molecule has 0 spiro atoms. The average molecular weight is 353 g/mol. The van der Waals surface area contributed by atoms with Crippen molar-refractivity contribution < 1.29 is 18.0 Å². The quantitative estimate of drug-likeness (QED) is 0.858. The van der Waals surface area contributed by atoms with Crippen LogP contribution in [0.3, 0.4) is 0 Å². The van der Waals surface area contributed by atoms with E-state index in [1.165, 1.54) is 0 Å². The summed E-state index contributed by atoms with van der Waals surface area (Å²) in [7, 11) is 0. The van der Waals surface area contributed by atoms with Crippen LogP contribution in [0.4, 0.5) is 13.2 Å². The topological polar surface area (TPSA) is 61.0 Å². The molecule has 23 heavy (non-hydrogen) atoms. The summed E-state index contributed by atoms with van der Waals surface area (Å²) >= 11 is 0. The number of amides is 1. The number of nitrogens with zero attached hydrogens (tertiary/aromatic N) is 2. The van der Waals surface area contributed by atoms with Crippen LogP contribution >= 0.6 is 12.4 Å². The predicted octanol–water partition coefficient (Wildman–Crippen LogP) is 2.31. The van der Waals surface area contributed by atoms with E-state index in [-0.39, 0.29) is 30.3 Å². The first-order chi connectivity index (χ1) is 10.4. The van der Waals surface area contributed by atoms with Gasteiger partial charge in [0.1, 0.15) is 11.5 Å². The fourth-order valence-corrected chi connectivity index (χ4v) is 3.18. The fourth-order valence-electron chi connectivity index (χ4n) is 3.18. The van der Waals surface area contributed by atoms with Gasteiger partial charge in [0.25, 0.3) is 0 Å². The Morgan fingerprint density at radius 3 is 2.48 bits per heavy atom. The van der Waals surface area contributed by atoms with E-state index in [1.54, 1.807) is 0 Å². The number of halogens is 4. The van der Waals surface area contributed by atoms with Crippen molar-refractivity contribution >= 4 is 18.3 Å². The van der Waals surface area contributed by atoms with Gasteiger partial charge >= 0.3 is 6.18 Å². The number of imidazole rings is 1. The summed E-state index contributed by atoms with van der Waals surface area (Å²) in [6.07, 6.45) is -0.386. The van der Waals surface area contributed by atoms with E-state index in [9.17, 15) is 18.0 Å². The van der Waals surface area contributed by atoms with Gasteiger partial charge in [0.15, 0.2) is 0 Å². The highest BCUT2D eigenvalue weighted by Gasteiger charge is 2.35. The summed E-state index contributed by atoms with van der Waals surface area (Å²) in [5, 5.41) is 3.18. The zero-order valence-corrected chi connectivity index (χ0v) is 13.3. The number of aromatic amines is 1. The Balaban J connectivity index is 0.00000192. The lowest BCUT2D eigenvalue weighted by Gasteiger charge is -2.32. The Labute approximate surface area is 138 Å². The second-order valence-electron chi connectivity index (χ2n) is 5.93. The second kappa shape index (κ2) is 7.09. The largest absolute Gasteiger partial charge is 0.432 e. The number of likely N-dealkylation sites (tertiary alicyclic amines) is 1. The summed E-state index contributed by atoms with van der Waals surface area (Å²) in [4.78, 5) is 20.3. The molecule has 9 heteroatoms. The lowest BCUT2D eigenvalue weighted by Crippen LogP contribution is -2.46. The number of aromatic nitrogens is 2. The third kappa shape index (κ3) is 3.98. The van der Waals surface area contributed by atoms with E-state index in [4.69, 9.17) is 0 Å². The van der Waals surface area contributed by atoms with Crippen LogP contribution in [0.25, 0.3) is 0 Å². The SMILES string of the molecule is Cl.O=C(C1CCCN1)N1CCC(c2ncc(C(F)(F)F)[nH]2)CC1. The van der Waals surface area contributed by atoms with Gasteiger partial charge in [0, 0.05) is 19.0 Å². The number of hydrogen-bond donors (Lipinski definition) is 2. The summed E-state index contributed by atoms with van der Waals surface area (Å²) < 4.78 is 37.7. The number of rotatable bonds is 2. The second-order valence-corrected chi connectivity index (χ2v) is 5.93. The summed E-state index contributed by atoms with van der Waals surface area (Å²) in [6, 6.07) is -0.0861. The summed E-state index contributed by atoms with van der Waals surface area (Å²) in [6.45, 7) is 2.02. The van der Waals surface area contributed by atoms with Crippen molar-refractivity contribution in [1.82, 2.24) is 20.2 Å². The number of alkyl halides is 3. The maximum Gasteiger partial charge on any atom is 0.432 e. The number of hydrogen-bond acceptors (Lipinski definition) is 3. The van der Waals surface area contributed by atoms with Crippen LogP contribution < -0.4 is 5.32 Å². The van der Waals surface area contributed by atoms with E-state index in [0.717, 1.165) is 25.6 Å². The molecule has 2 N–H and O–H groups in total. The zero-order chi connectivity index (χ0) is 15.7. The van der Waals surface area contributed by atoms with Crippen LogP contribution in [0.15, 0.2) is 6.20 Å². The van der Waals surface area contributed by atoms with Gasteiger partial charge in [-0.3, -0.25) is 4.79 Å². The van der Waals surface area contributed by atoms with Crippen molar-refractivity contribution in [2.45, 2.75) is 43.8 Å². The molecule has 2 fully saturated rings. The van der Waals surface area contributed by atoms with Gasteiger partial charge < -0.3 is 15.2 Å². The average Bonchev–Trinajstić information content (AvgIpc) is 3.17. The molecule has 2 aliphatic rings. The van der Waals surface area contributed by atoms with Crippen molar-refractivity contribution in [3.8, 4) is 0 Å². The lowest BCUT2D eigenvalue weighted by atomic mass is 9.95. The molecule has 0 radical (unpaired) electrons. The molecule has 1 unspecified atom stereocenters. The van der Waals surface area contributed by atoms with Gasteiger partial charge in [0.05, 0.1) is 12.2 Å².